The summed E-state index contributed by atoms with van der Waals surface area (Å²) >= 11 is 0. The highest BCUT2D eigenvalue weighted by Gasteiger charge is 2.24. The van der Waals surface area contributed by atoms with E-state index >= 15 is 0 Å². The molecule has 1 aliphatic rings. The minimum absolute atomic E-state index is 0. The molecule has 108 valence electrons. The van der Waals surface area contributed by atoms with Crippen LogP contribution in [0.4, 0.5) is 0 Å². The van der Waals surface area contributed by atoms with E-state index in [2.05, 4.69) is 29.4 Å². The molecular weight excluding hydrogens is 264 g/mol. The average Bonchev–Trinajstić information content (AvgIpc) is 2.88. The Morgan fingerprint density at radius 1 is 1.42 bits per heavy atom. The van der Waals surface area contributed by atoms with Crippen LogP contribution in [-0.2, 0) is 0 Å². The smallest absolute Gasteiger partial charge is 0.274 e. The van der Waals surface area contributed by atoms with Gasteiger partial charge >= 0.3 is 0 Å². The SMILES string of the molecule is CC(C)c1cc(C(=O)N(C)C2CCNCC2)n[nH]1.Cl. The average molecular weight is 287 g/mol. The minimum Gasteiger partial charge on any atom is -0.337 e. The quantitative estimate of drug-likeness (QED) is 0.890. The van der Waals surface area contributed by atoms with Crippen molar-refractivity contribution >= 4 is 18.3 Å². The Morgan fingerprint density at radius 3 is 2.58 bits per heavy atom. The van der Waals surface area contributed by atoms with E-state index in [1.807, 2.05) is 18.0 Å². The zero-order chi connectivity index (χ0) is 13.1. The molecule has 0 radical (unpaired) electrons. The van der Waals surface area contributed by atoms with E-state index in [1.54, 1.807) is 0 Å². The Balaban J connectivity index is 0.00000180. The zero-order valence-electron chi connectivity index (χ0n) is 11.8. The van der Waals surface area contributed by atoms with Crippen molar-refractivity contribution in [3.8, 4) is 0 Å². The Labute approximate surface area is 120 Å². The molecule has 2 N–H and O–H groups in total. The lowest BCUT2D eigenvalue weighted by molar-refractivity contribution is 0.0697. The number of aromatic nitrogens is 2. The van der Waals surface area contributed by atoms with Crippen molar-refractivity contribution in [3.05, 3.63) is 17.5 Å². The standard InChI is InChI=1S/C13H22N4O.ClH/c1-9(2)11-8-12(16-15-11)13(18)17(3)10-4-6-14-7-5-10;/h8-10,14H,4-7H2,1-3H3,(H,15,16);1H. The molecule has 1 fully saturated rings. The third-order valence-corrected chi connectivity index (χ3v) is 3.62. The number of amides is 1. The van der Waals surface area contributed by atoms with Gasteiger partial charge in [0.15, 0.2) is 0 Å². The fraction of sp³-hybridized carbons (Fsp3) is 0.692. The first-order valence-corrected chi connectivity index (χ1v) is 6.62. The zero-order valence-corrected chi connectivity index (χ0v) is 12.6. The Kier molecular flexibility index (Phi) is 5.82. The van der Waals surface area contributed by atoms with Crippen LogP contribution >= 0.6 is 12.4 Å². The maximum Gasteiger partial charge on any atom is 0.274 e. The molecule has 1 aliphatic heterocycles. The second kappa shape index (κ2) is 6.91. The van der Waals surface area contributed by atoms with Crippen LogP contribution in [0, 0.1) is 0 Å². The first-order valence-electron chi connectivity index (χ1n) is 6.62. The molecule has 0 atom stereocenters. The normalized spacial score (nSPS) is 16.2. The van der Waals surface area contributed by atoms with Gasteiger partial charge in [0.2, 0.25) is 0 Å². The number of aromatic amines is 1. The predicted octanol–water partition coefficient (Wildman–Crippen LogP) is 1.78. The number of hydrogen-bond acceptors (Lipinski definition) is 3. The number of H-pyrrole nitrogens is 1. The summed E-state index contributed by atoms with van der Waals surface area (Å²) in [6.07, 6.45) is 2.04. The van der Waals surface area contributed by atoms with Crippen molar-refractivity contribution in [2.24, 2.45) is 0 Å². The maximum atomic E-state index is 12.3. The highest BCUT2D eigenvalue weighted by molar-refractivity contribution is 5.92. The van der Waals surface area contributed by atoms with E-state index in [1.165, 1.54) is 0 Å². The second-order valence-corrected chi connectivity index (χ2v) is 5.26. The summed E-state index contributed by atoms with van der Waals surface area (Å²) in [5.41, 5.74) is 1.54. The second-order valence-electron chi connectivity index (χ2n) is 5.26. The van der Waals surface area contributed by atoms with E-state index in [9.17, 15) is 4.79 Å². The first-order chi connectivity index (χ1) is 8.59. The molecule has 2 rings (SSSR count). The van der Waals surface area contributed by atoms with Crippen molar-refractivity contribution < 1.29 is 4.79 Å². The van der Waals surface area contributed by atoms with Crippen LogP contribution in [0.2, 0.25) is 0 Å². The summed E-state index contributed by atoms with van der Waals surface area (Å²) in [6, 6.07) is 2.20. The van der Waals surface area contributed by atoms with Crippen LogP contribution in [0.5, 0.6) is 0 Å². The number of carbonyl (C=O) groups is 1. The van der Waals surface area contributed by atoms with Gasteiger partial charge in [-0.05, 0) is 37.9 Å². The fourth-order valence-corrected chi connectivity index (χ4v) is 2.28. The third kappa shape index (κ3) is 3.70. The monoisotopic (exact) mass is 286 g/mol. The van der Waals surface area contributed by atoms with Crippen molar-refractivity contribution in [1.29, 1.82) is 0 Å². The van der Waals surface area contributed by atoms with E-state index in [0.717, 1.165) is 31.6 Å². The molecule has 0 unspecified atom stereocenters. The molecule has 6 heteroatoms. The van der Waals surface area contributed by atoms with Crippen LogP contribution in [0.3, 0.4) is 0 Å². The number of carbonyl (C=O) groups excluding carboxylic acids is 1. The summed E-state index contributed by atoms with van der Waals surface area (Å²) in [5.74, 6) is 0.383. The molecule has 5 nitrogen and oxygen atoms in total. The van der Waals surface area contributed by atoms with E-state index < -0.39 is 0 Å². The number of nitrogens with one attached hydrogen (secondary N) is 2. The Morgan fingerprint density at radius 2 is 2.05 bits per heavy atom. The molecule has 1 aromatic rings. The van der Waals surface area contributed by atoms with Gasteiger partial charge in [-0.2, -0.15) is 5.10 Å². The molecule has 1 saturated heterocycles. The van der Waals surface area contributed by atoms with Crippen LogP contribution in [0.1, 0.15) is 48.8 Å². The molecular formula is C13H23ClN4O. The molecule has 0 saturated carbocycles. The van der Waals surface area contributed by atoms with Gasteiger partial charge in [-0.15, -0.1) is 12.4 Å². The number of piperidine rings is 1. The summed E-state index contributed by atoms with van der Waals surface area (Å²) in [5, 5.41) is 10.4. The van der Waals surface area contributed by atoms with Gasteiger partial charge in [0.25, 0.3) is 5.91 Å². The lowest BCUT2D eigenvalue weighted by Crippen LogP contribution is -2.44. The molecule has 1 aromatic heterocycles. The highest BCUT2D eigenvalue weighted by atomic mass is 35.5. The van der Waals surface area contributed by atoms with Crippen molar-refractivity contribution in [2.75, 3.05) is 20.1 Å². The summed E-state index contributed by atoms with van der Waals surface area (Å²) in [6.45, 7) is 6.14. The van der Waals surface area contributed by atoms with Crippen LogP contribution in [0.15, 0.2) is 6.07 Å². The van der Waals surface area contributed by atoms with Crippen molar-refractivity contribution in [2.45, 2.75) is 38.6 Å². The molecule has 1 amide bonds. The third-order valence-electron chi connectivity index (χ3n) is 3.62. The lowest BCUT2D eigenvalue weighted by Gasteiger charge is -2.31. The van der Waals surface area contributed by atoms with Gasteiger partial charge in [0.1, 0.15) is 5.69 Å². The summed E-state index contributed by atoms with van der Waals surface area (Å²) < 4.78 is 0. The lowest BCUT2D eigenvalue weighted by atomic mass is 10.0. The first kappa shape index (κ1) is 16.0. The van der Waals surface area contributed by atoms with Crippen LogP contribution < -0.4 is 5.32 Å². The number of rotatable bonds is 3. The number of hydrogen-bond donors (Lipinski definition) is 2. The van der Waals surface area contributed by atoms with Gasteiger partial charge in [0, 0.05) is 18.8 Å². The van der Waals surface area contributed by atoms with E-state index in [0.29, 0.717) is 17.7 Å². The van der Waals surface area contributed by atoms with Crippen LogP contribution in [-0.4, -0.2) is 47.2 Å². The van der Waals surface area contributed by atoms with Crippen LogP contribution in [0.25, 0.3) is 0 Å². The topological polar surface area (TPSA) is 61.0 Å². The summed E-state index contributed by atoms with van der Waals surface area (Å²) in [7, 11) is 1.88. The van der Waals surface area contributed by atoms with E-state index in [-0.39, 0.29) is 18.3 Å². The molecule has 0 aromatic carbocycles. The maximum absolute atomic E-state index is 12.3. The molecule has 0 spiro atoms. The van der Waals surface area contributed by atoms with Gasteiger partial charge in [0.05, 0.1) is 0 Å². The molecule has 0 bridgehead atoms. The largest absolute Gasteiger partial charge is 0.337 e. The Bertz CT molecular complexity index is 413. The molecule has 19 heavy (non-hydrogen) atoms. The number of nitrogens with zero attached hydrogens (tertiary/aromatic N) is 2. The minimum atomic E-state index is 0. The van der Waals surface area contributed by atoms with Crippen molar-refractivity contribution in [1.82, 2.24) is 20.4 Å². The molecule has 2 heterocycles. The predicted molar refractivity (Wildman–Crippen MR) is 77.9 cm³/mol. The van der Waals surface area contributed by atoms with E-state index in [4.69, 9.17) is 0 Å². The van der Waals surface area contributed by atoms with Gasteiger partial charge < -0.3 is 10.2 Å². The molecule has 0 aliphatic carbocycles. The van der Waals surface area contributed by atoms with Gasteiger partial charge in [-0.25, -0.2) is 0 Å². The fourth-order valence-electron chi connectivity index (χ4n) is 2.28. The van der Waals surface area contributed by atoms with Gasteiger partial charge in [-0.1, -0.05) is 13.8 Å². The number of halogens is 1. The highest BCUT2D eigenvalue weighted by Crippen LogP contribution is 2.16. The summed E-state index contributed by atoms with van der Waals surface area (Å²) in [4.78, 5) is 14.1. The Hall–Kier alpha value is -1.07. The van der Waals surface area contributed by atoms with Gasteiger partial charge in [-0.3, -0.25) is 9.89 Å². The van der Waals surface area contributed by atoms with Crippen molar-refractivity contribution in [3.63, 3.8) is 0 Å².